The maximum Gasteiger partial charge on any atom is 0.261 e. The Morgan fingerprint density at radius 1 is 1.27 bits per heavy atom. The summed E-state index contributed by atoms with van der Waals surface area (Å²) in [4.78, 5) is 12.3. The lowest BCUT2D eigenvalue weighted by molar-refractivity contribution is -0.117. The molecule has 0 aliphatic carbocycles. The number of aryl methyl sites for hydroxylation is 2. The number of carbonyl (C=O) groups excluding carboxylic acids is 1. The summed E-state index contributed by atoms with van der Waals surface area (Å²) in [6, 6.07) is 14.2. The molecule has 26 heavy (non-hydrogen) atoms. The highest BCUT2D eigenvalue weighted by molar-refractivity contribution is 6.01. The van der Waals surface area contributed by atoms with E-state index in [0.29, 0.717) is 6.54 Å². The second kappa shape index (κ2) is 9.62. The minimum Gasteiger partial charge on any atom is -0.351 e. The van der Waals surface area contributed by atoms with Crippen molar-refractivity contribution in [2.75, 3.05) is 6.54 Å². The van der Waals surface area contributed by atoms with E-state index in [0.717, 1.165) is 42.8 Å². The maximum atomic E-state index is 12.3. The molecular formula is C22H27N3O. The molecule has 0 atom stereocenters. The lowest BCUT2D eigenvalue weighted by Gasteiger charge is -2.07. The molecule has 0 saturated heterocycles. The van der Waals surface area contributed by atoms with Crippen molar-refractivity contribution in [2.45, 2.75) is 46.6 Å². The van der Waals surface area contributed by atoms with Gasteiger partial charge in [-0.3, -0.25) is 4.79 Å². The molecular weight excluding hydrogens is 322 g/mol. The van der Waals surface area contributed by atoms with Gasteiger partial charge in [0.1, 0.15) is 11.6 Å². The Hall–Kier alpha value is -2.80. The van der Waals surface area contributed by atoms with E-state index in [1.54, 1.807) is 6.08 Å². The van der Waals surface area contributed by atoms with Crippen molar-refractivity contribution in [3.63, 3.8) is 0 Å². The molecule has 1 amide bonds. The molecule has 0 radical (unpaired) electrons. The number of rotatable bonds is 8. The average molecular weight is 349 g/mol. The summed E-state index contributed by atoms with van der Waals surface area (Å²) in [5.41, 5.74) is 4.58. The van der Waals surface area contributed by atoms with Gasteiger partial charge >= 0.3 is 0 Å². The highest BCUT2D eigenvalue weighted by Crippen LogP contribution is 2.18. The lowest BCUT2D eigenvalue weighted by Crippen LogP contribution is -2.25. The summed E-state index contributed by atoms with van der Waals surface area (Å²) in [6.07, 6.45) is 4.50. The first-order valence-electron chi connectivity index (χ1n) is 9.17. The molecule has 0 bridgehead atoms. The van der Waals surface area contributed by atoms with Gasteiger partial charge in [0.15, 0.2) is 0 Å². The van der Waals surface area contributed by atoms with Crippen LogP contribution in [0.4, 0.5) is 0 Å². The van der Waals surface area contributed by atoms with Gasteiger partial charge in [-0.1, -0.05) is 37.3 Å². The van der Waals surface area contributed by atoms with Crippen LogP contribution in [0.2, 0.25) is 0 Å². The van der Waals surface area contributed by atoms with Gasteiger partial charge in [-0.2, -0.15) is 5.26 Å². The SMILES string of the molecule is CCCn1c(C)cc(/C=C(/C#N)C(=O)NCCCc2ccccc2)c1C. The van der Waals surface area contributed by atoms with Crippen molar-refractivity contribution in [1.29, 1.82) is 5.26 Å². The summed E-state index contributed by atoms with van der Waals surface area (Å²) in [6.45, 7) is 7.72. The number of carbonyl (C=O) groups is 1. The molecule has 1 aromatic carbocycles. The van der Waals surface area contributed by atoms with Crippen molar-refractivity contribution in [3.8, 4) is 6.07 Å². The van der Waals surface area contributed by atoms with Gasteiger partial charge in [0.2, 0.25) is 0 Å². The van der Waals surface area contributed by atoms with Crippen molar-refractivity contribution < 1.29 is 4.79 Å². The van der Waals surface area contributed by atoms with Crippen LogP contribution in [0.15, 0.2) is 42.0 Å². The van der Waals surface area contributed by atoms with Gasteiger partial charge in [0, 0.05) is 24.5 Å². The highest BCUT2D eigenvalue weighted by atomic mass is 16.1. The predicted molar refractivity (Wildman–Crippen MR) is 106 cm³/mol. The smallest absolute Gasteiger partial charge is 0.261 e. The molecule has 4 nitrogen and oxygen atoms in total. The quantitative estimate of drug-likeness (QED) is 0.442. The Morgan fingerprint density at radius 2 is 2.00 bits per heavy atom. The summed E-state index contributed by atoms with van der Waals surface area (Å²) in [7, 11) is 0. The maximum absolute atomic E-state index is 12.3. The molecule has 0 fully saturated rings. The average Bonchev–Trinajstić information content (AvgIpc) is 2.91. The zero-order chi connectivity index (χ0) is 18.9. The molecule has 4 heteroatoms. The summed E-state index contributed by atoms with van der Waals surface area (Å²) >= 11 is 0. The number of benzene rings is 1. The fourth-order valence-electron chi connectivity index (χ4n) is 3.08. The Kier molecular flexibility index (Phi) is 7.23. The van der Waals surface area contributed by atoms with Gasteiger partial charge in [-0.15, -0.1) is 0 Å². The van der Waals surface area contributed by atoms with Gasteiger partial charge in [-0.25, -0.2) is 0 Å². The second-order valence-corrected chi connectivity index (χ2v) is 6.49. The first-order valence-corrected chi connectivity index (χ1v) is 9.17. The molecule has 1 N–H and O–H groups in total. The van der Waals surface area contributed by atoms with Crippen LogP contribution in [0.1, 0.15) is 42.3 Å². The normalized spacial score (nSPS) is 11.2. The molecule has 136 valence electrons. The van der Waals surface area contributed by atoms with Crippen LogP contribution >= 0.6 is 0 Å². The minimum absolute atomic E-state index is 0.154. The van der Waals surface area contributed by atoms with Gasteiger partial charge in [0.25, 0.3) is 5.91 Å². The minimum atomic E-state index is -0.305. The molecule has 0 unspecified atom stereocenters. The van der Waals surface area contributed by atoms with E-state index in [1.165, 1.54) is 5.56 Å². The van der Waals surface area contributed by atoms with E-state index in [1.807, 2.05) is 37.3 Å². The van der Waals surface area contributed by atoms with E-state index in [4.69, 9.17) is 0 Å². The third-order valence-electron chi connectivity index (χ3n) is 4.50. The Labute approximate surface area is 156 Å². The van der Waals surface area contributed by atoms with Gasteiger partial charge in [-0.05, 0) is 56.4 Å². The van der Waals surface area contributed by atoms with E-state index in [2.05, 4.69) is 35.9 Å². The molecule has 1 aromatic heterocycles. The van der Waals surface area contributed by atoms with Crippen LogP contribution in [0.3, 0.4) is 0 Å². The van der Waals surface area contributed by atoms with E-state index in [-0.39, 0.29) is 11.5 Å². The number of nitrogens with zero attached hydrogens (tertiary/aromatic N) is 2. The number of nitriles is 1. The predicted octanol–water partition coefficient (Wildman–Crippen LogP) is 4.17. The first kappa shape index (κ1) is 19.5. The highest BCUT2D eigenvalue weighted by Gasteiger charge is 2.12. The van der Waals surface area contributed by atoms with Crippen molar-refractivity contribution in [3.05, 3.63) is 64.5 Å². The zero-order valence-electron chi connectivity index (χ0n) is 15.9. The fourth-order valence-corrected chi connectivity index (χ4v) is 3.08. The molecule has 0 saturated carbocycles. The van der Waals surface area contributed by atoms with Crippen molar-refractivity contribution in [1.82, 2.24) is 9.88 Å². The summed E-state index contributed by atoms with van der Waals surface area (Å²) in [5.74, 6) is -0.305. The fraction of sp³-hybridized carbons (Fsp3) is 0.364. The molecule has 1 heterocycles. The van der Waals surface area contributed by atoms with Crippen molar-refractivity contribution >= 4 is 12.0 Å². The van der Waals surface area contributed by atoms with Crippen LogP contribution < -0.4 is 5.32 Å². The van der Waals surface area contributed by atoms with Crippen LogP contribution in [0.5, 0.6) is 0 Å². The van der Waals surface area contributed by atoms with Crippen molar-refractivity contribution in [2.24, 2.45) is 0 Å². The summed E-state index contributed by atoms with van der Waals surface area (Å²) < 4.78 is 2.22. The second-order valence-electron chi connectivity index (χ2n) is 6.49. The molecule has 0 aliphatic heterocycles. The van der Waals surface area contributed by atoms with E-state index < -0.39 is 0 Å². The standard InChI is InChI=1S/C22H27N3O/c1-4-13-25-17(2)14-20(18(25)3)15-21(16-23)22(26)24-12-8-11-19-9-6-5-7-10-19/h5-7,9-10,14-15H,4,8,11-13H2,1-3H3,(H,24,26)/b21-15-. The number of nitrogens with one attached hydrogen (secondary N) is 1. The summed E-state index contributed by atoms with van der Waals surface area (Å²) in [5, 5.41) is 12.2. The third kappa shape index (κ3) is 5.10. The number of amides is 1. The van der Waals surface area contributed by atoms with Crippen LogP contribution in [-0.4, -0.2) is 17.0 Å². The molecule has 0 aliphatic rings. The molecule has 2 rings (SSSR count). The van der Waals surface area contributed by atoms with E-state index >= 15 is 0 Å². The lowest BCUT2D eigenvalue weighted by atomic mass is 10.1. The Balaban J connectivity index is 1.97. The van der Waals surface area contributed by atoms with E-state index in [9.17, 15) is 10.1 Å². The number of hydrogen-bond acceptors (Lipinski definition) is 2. The molecule has 2 aromatic rings. The third-order valence-corrected chi connectivity index (χ3v) is 4.50. The Bertz CT molecular complexity index is 810. The van der Waals surface area contributed by atoms with Crippen LogP contribution in [0, 0.1) is 25.2 Å². The van der Waals surface area contributed by atoms with Gasteiger partial charge < -0.3 is 9.88 Å². The van der Waals surface area contributed by atoms with Crippen LogP contribution in [-0.2, 0) is 17.8 Å². The topological polar surface area (TPSA) is 57.8 Å². The van der Waals surface area contributed by atoms with Crippen LogP contribution in [0.25, 0.3) is 6.08 Å². The number of aromatic nitrogens is 1. The zero-order valence-corrected chi connectivity index (χ0v) is 15.9. The first-order chi connectivity index (χ1) is 12.6. The Morgan fingerprint density at radius 3 is 2.65 bits per heavy atom. The largest absolute Gasteiger partial charge is 0.351 e. The molecule has 0 spiro atoms. The number of hydrogen-bond donors (Lipinski definition) is 1. The monoisotopic (exact) mass is 349 g/mol. The van der Waals surface area contributed by atoms with Gasteiger partial charge in [0.05, 0.1) is 0 Å².